The van der Waals surface area contributed by atoms with Crippen molar-refractivity contribution in [2.45, 2.75) is 38.8 Å². The second-order valence-electron chi connectivity index (χ2n) is 6.15. The average molecular weight is 314 g/mol. The second-order valence-corrected chi connectivity index (χ2v) is 6.15. The maximum Gasteiger partial charge on any atom is 0.229 e. The van der Waals surface area contributed by atoms with Gasteiger partial charge in [-0.25, -0.2) is 0 Å². The normalized spacial score (nSPS) is 19.6. The van der Waals surface area contributed by atoms with Crippen LogP contribution in [0.15, 0.2) is 34.9 Å². The van der Waals surface area contributed by atoms with Crippen LogP contribution in [0, 0.1) is 0 Å². The number of rotatable bonds is 4. The van der Waals surface area contributed by atoms with E-state index in [0.717, 1.165) is 12.1 Å². The Balaban J connectivity index is 1.82. The van der Waals surface area contributed by atoms with Crippen LogP contribution in [0.4, 0.5) is 0 Å². The molecule has 1 aromatic heterocycles. The lowest BCUT2D eigenvalue weighted by atomic mass is 10.0. The van der Waals surface area contributed by atoms with Crippen LogP contribution >= 0.6 is 0 Å². The van der Waals surface area contributed by atoms with Gasteiger partial charge in [0, 0.05) is 31.5 Å². The smallest absolute Gasteiger partial charge is 0.229 e. The van der Waals surface area contributed by atoms with E-state index < -0.39 is 0 Å². The van der Waals surface area contributed by atoms with E-state index >= 15 is 0 Å². The van der Waals surface area contributed by atoms with Gasteiger partial charge >= 0.3 is 0 Å². The summed E-state index contributed by atoms with van der Waals surface area (Å²) in [5, 5.41) is 7.01. The Hall–Kier alpha value is -2.21. The van der Waals surface area contributed by atoms with Gasteiger partial charge in [0.1, 0.15) is 0 Å². The van der Waals surface area contributed by atoms with Crippen molar-refractivity contribution in [1.82, 2.24) is 20.4 Å². The summed E-state index contributed by atoms with van der Waals surface area (Å²) >= 11 is 0. The van der Waals surface area contributed by atoms with Crippen LogP contribution in [0.1, 0.15) is 49.5 Å². The molecule has 1 fully saturated rings. The molecule has 23 heavy (non-hydrogen) atoms. The molecule has 1 N–H and O–H groups in total. The van der Waals surface area contributed by atoms with Gasteiger partial charge in [-0.15, -0.1) is 0 Å². The van der Waals surface area contributed by atoms with E-state index in [4.69, 9.17) is 4.52 Å². The molecule has 2 heterocycles. The van der Waals surface area contributed by atoms with Crippen LogP contribution in [0.5, 0.6) is 0 Å². The Morgan fingerprint density at radius 2 is 2.13 bits per heavy atom. The summed E-state index contributed by atoms with van der Waals surface area (Å²) in [5.41, 5.74) is 1.14. The molecule has 6 heteroatoms. The molecule has 2 aromatic rings. The predicted octanol–water partition coefficient (Wildman–Crippen LogP) is 2.26. The molecule has 0 spiro atoms. The van der Waals surface area contributed by atoms with Crippen molar-refractivity contribution in [2.24, 2.45) is 0 Å². The number of hydrogen-bond acceptors (Lipinski definition) is 5. The molecule has 0 aliphatic carbocycles. The molecule has 0 saturated carbocycles. The van der Waals surface area contributed by atoms with Crippen molar-refractivity contribution in [3.05, 3.63) is 47.6 Å². The van der Waals surface area contributed by atoms with Crippen LogP contribution in [-0.4, -0.2) is 34.0 Å². The number of amides is 1. The molecule has 0 radical (unpaired) electrons. The van der Waals surface area contributed by atoms with Crippen LogP contribution in [0.3, 0.4) is 0 Å². The van der Waals surface area contributed by atoms with Crippen molar-refractivity contribution < 1.29 is 9.32 Å². The number of nitrogens with one attached hydrogen (secondary N) is 1. The van der Waals surface area contributed by atoms with Gasteiger partial charge in [-0.05, 0) is 5.56 Å². The zero-order valence-corrected chi connectivity index (χ0v) is 13.5. The van der Waals surface area contributed by atoms with Crippen molar-refractivity contribution in [1.29, 1.82) is 0 Å². The van der Waals surface area contributed by atoms with Crippen LogP contribution in [-0.2, 0) is 11.3 Å². The molecule has 1 aromatic carbocycles. The number of benzene rings is 1. The third kappa shape index (κ3) is 3.76. The first-order valence-electron chi connectivity index (χ1n) is 8.01. The molecule has 0 bridgehead atoms. The monoisotopic (exact) mass is 314 g/mol. The lowest BCUT2D eigenvalue weighted by Gasteiger charge is -2.28. The molecule has 1 aliphatic rings. The minimum absolute atomic E-state index is 0.0275. The highest BCUT2D eigenvalue weighted by molar-refractivity contribution is 5.77. The highest BCUT2D eigenvalue weighted by Crippen LogP contribution is 2.27. The fourth-order valence-electron chi connectivity index (χ4n) is 2.81. The zero-order chi connectivity index (χ0) is 16.2. The Bertz CT molecular complexity index is 654. The van der Waals surface area contributed by atoms with E-state index in [0.29, 0.717) is 31.2 Å². The van der Waals surface area contributed by atoms with E-state index in [-0.39, 0.29) is 17.9 Å². The summed E-state index contributed by atoms with van der Waals surface area (Å²) < 4.78 is 5.29. The summed E-state index contributed by atoms with van der Waals surface area (Å²) in [5.74, 6) is 1.62. The van der Waals surface area contributed by atoms with Crippen molar-refractivity contribution in [3.63, 3.8) is 0 Å². The third-order valence-electron chi connectivity index (χ3n) is 4.05. The molecule has 6 nitrogen and oxygen atoms in total. The number of carbonyl (C=O) groups excluding carboxylic acids is 1. The average Bonchev–Trinajstić information content (AvgIpc) is 2.93. The Morgan fingerprint density at radius 3 is 2.83 bits per heavy atom. The minimum Gasteiger partial charge on any atom is -0.355 e. The van der Waals surface area contributed by atoms with Crippen LogP contribution < -0.4 is 5.32 Å². The quantitative estimate of drug-likeness (QED) is 0.937. The standard InChI is InChI=1S/C17H22N4O2/c1-12(2)17-19-15(20-23-17)11-21-9-8-18-16(22)10-14(21)13-6-4-3-5-7-13/h3-7,12,14H,8-11H2,1-2H3,(H,18,22)/t14-/m0/s1. The van der Waals surface area contributed by atoms with Crippen LogP contribution in [0.2, 0.25) is 0 Å². The Labute approximate surface area is 135 Å². The van der Waals surface area contributed by atoms with E-state index in [9.17, 15) is 4.79 Å². The van der Waals surface area contributed by atoms with E-state index in [1.54, 1.807) is 0 Å². The molecule has 1 saturated heterocycles. The van der Waals surface area contributed by atoms with Gasteiger partial charge in [0.15, 0.2) is 5.82 Å². The van der Waals surface area contributed by atoms with Gasteiger partial charge in [-0.1, -0.05) is 49.3 Å². The molecular formula is C17H22N4O2. The third-order valence-corrected chi connectivity index (χ3v) is 4.05. The molecular weight excluding hydrogens is 292 g/mol. The van der Waals surface area contributed by atoms with Crippen molar-refractivity contribution >= 4 is 5.91 Å². The molecule has 3 rings (SSSR count). The Morgan fingerprint density at radius 1 is 1.35 bits per heavy atom. The second kappa shape index (κ2) is 6.91. The zero-order valence-electron chi connectivity index (χ0n) is 13.5. The summed E-state index contributed by atoms with van der Waals surface area (Å²) in [4.78, 5) is 18.7. The molecule has 1 atom stereocenters. The van der Waals surface area contributed by atoms with Gasteiger partial charge < -0.3 is 9.84 Å². The molecule has 0 unspecified atom stereocenters. The molecule has 122 valence electrons. The van der Waals surface area contributed by atoms with Crippen molar-refractivity contribution in [2.75, 3.05) is 13.1 Å². The van der Waals surface area contributed by atoms with Gasteiger partial charge in [0.2, 0.25) is 11.8 Å². The largest absolute Gasteiger partial charge is 0.355 e. The first kappa shape index (κ1) is 15.7. The van der Waals surface area contributed by atoms with Crippen molar-refractivity contribution in [3.8, 4) is 0 Å². The highest BCUT2D eigenvalue weighted by Gasteiger charge is 2.27. The predicted molar refractivity (Wildman–Crippen MR) is 85.6 cm³/mol. The van der Waals surface area contributed by atoms with E-state index in [1.165, 1.54) is 0 Å². The summed E-state index contributed by atoms with van der Waals surface area (Å²) in [6, 6.07) is 10.1. The number of hydrogen-bond donors (Lipinski definition) is 1. The highest BCUT2D eigenvalue weighted by atomic mass is 16.5. The topological polar surface area (TPSA) is 71.3 Å². The van der Waals surface area contributed by atoms with E-state index in [1.807, 2.05) is 32.0 Å². The lowest BCUT2D eigenvalue weighted by molar-refractivity contribution is -0.121. The van der Waals surface area contributed by atoms with Gasteiger partial charge in [-0.2, -0.15) is 4.98 Å². The maximum atomic E-state index is 12.0. The van der Waals surface area contributed by atoms with Gasteiger partial charge in [-0.3, -0.25) is 9.69 Å². The van der Waals surface area contributed by atoms with Crippen LogP contribution in [0.25, 0.3) is 0 Å². The molecule has 1 aliphatic heterocycles. The van der Waals surface area contributed by atoms with E-state index in [2.05, 4.69) is 32.5 Å². The first-order valence-corrected chi connectivity index (χ1v) is 8.01. The SMILES string of the molecule is CC(C)c1nc(CN2CCNC(=O)C[C@H]2c2ccccc2)no1. The summed E-state index contributed by atoms with van der Waals surface area (Å²) in [6.07, 6.45) is 0.443. The first-order chi connectivity index (χ1) is 11.1. The van der Waals surface area contributed by atoms with Gasteiger partial charge in [0.05, 0.1) is 6.54 Å². The summed E-state index contributed by atoms with van der Waals surface area (Å²) in [6.45, 7) is 6.02. The minimum atomic E-state index is 0.0275. The number of nitrogens with zero attached hydrogens (tertiary/aromatic N) is 3. The Kier molecular flexibility index (Phi) is 4.71. The fourth-order valence-corrected chi connectivity index (χ4v) is 2.81. The maximum absolute atomic E-state index is 12.0. The summed E-state index contributed by atoms with van der Waals surface area (Å²) in [7, 11) is 0. The number of carbonyl (C=O) groups is 1. The molecule has 1 amide bonds. The fraction of sp³-hybridized carbons (Fsp3) is 0.471. The van der Waals surface area contributed by atoms with Gasteiger partial charge in [0.25, 0.3) is 0 Å². The lowest BCUT2D eigenvalue weighted by Crippen LogP contribution is -2.31. The number of aromatic nitrogens is 2.